The number of rotatable bonds is 5. The SMILES string of the molecule is O=C(C=Cc1cccc(F)c1)N1CCN(c2cccc3c2C(=O)N(Cc2ccncc2)C3=O)CC1. The molecule has 35 heavy (non-hydrogen) atoms. The molecule has 0 atom stereocenters. The number of nitrogens with zero attached hydrogens (tertiary/aromatic N) is 4. The van der Waals surface area contributed by atoms with Crippen LogP contribution in [0.2, 0.25) is 0 Å². The molecule has 1 saturated heterocycles. The van der Waals surface area contributed by atoms with Crippen molar-refractivity contribution in [3.8, 4) is 0 Å². The highest BCUT2D eigenvalue weighted by molar-refractivity contribution is 6.23. The van der Waals surface area contributed by atoms with E-state index < -0.39 is 0 Å². The summed E-state index contributed by atoms with van der Waals surface area (Å²) < 4.78 is 13.3. The van der Waals surface area contributed by atoms with E-state index in [2.05, 4.69) is 4.98 Å². The fourth-order valence-corrected chi connectivity index (χ4v) is 4.44. The lowest BCUT2D eigenvalue weighted by Gasteiger charge is -2.36. The van der Waals surface area contributed by atoms with Gasteiger partial charge in [-0.15, -0.1) is 0 Å². The number of hydrogen-bond donors (Lipinski definition) is 0. The second-order valence-electron chi connectivity index (χ2n) is 8.45. The first kappa shape index (κ1) is 22.5. The Morgan fingerprint density at radius 3 is 2.43 bits per heavy atom. The van der Waals surface area contributed by atoms with Crippen LogP contribution in [0.15, 0.2) is 73.1 Å². The molecule has 2 aromatic carbocycles. The fourth-order valence-electron chi connectivity index (χ4n) is 4.44. The predicted octanol–water partition coefficient (Wildman–Crippen LogP) is 3.38. The molecule has 8 heteroatoms. The summed E-state index contributed by atoms with van der Waals surface area (Å²) in [6, 6.07) is 14.9. The van der Waals surface area contributed by atoms with Crippen molar-refractivity contribution >= 4 is 29.5 Å². The van der Waals surface area contributed by atoms with Gasteiger partial charge in [0.25, 0.3) is 11.8 Å². The Labute approximate surface area is 202 Å². The molecule has 0 radical (unpaired) electrons. The molecule has 2 aliphatic heterocycles. The molecule has 0 bridgehead atoms. The zero-order valence-electron chi connectivity index (χ0n) is 18.9. The van der Waals surface area contributed by atoms with Crippen molar-refractivity contribution in [2.45, 2.75) is 6.54 Å². The maximum atomic E-state index is 13.3. The van der Waals surface area contributed by atoms with Crippen molar-refractivity contribution in [3.63, 3.8) is 0 Å². The number of imide groups is 1. The van der Waals surface area contributed by atoms with Gasteiger partial charge in [-0.25, -0.2) is 4.39 Å². The number of pyridine rings is 1. The Morgan fingerprint density at radius 1 is 0.943 bits per heavy atom. The van der Waals surface area contributed by atoms with Gasteiger partial charge >= 0.3 is 0 Å². The molecular formula is C27H23FN4O3. The maximum Gasteiger partial charge on any atom is 0.263 e. The highest BCUT2D eigenvalue weighted by Gasteiger charge is 2.38. The van der Waals surface area contributed by atoms with E-state index in [1.54, 1.807) is 59.8 Å². The number of carbonyl (C=O) groups is 3. The summed E-state index contributed by atoms with van der Waals surface area (Å²) in [6.07, 6.45) is 6.31. The van der Waals surface area contributed by atoms with Crippen molar-refractivity contribution in [2.75, 3.05) is 31.1 Å². The quantitative estimate of drug-likeness (QED) is 0.422. The van der Waals surface area contributed by atoms with E-state index in [-0.39, 0.29) is 30.1 Å². The van der Waals surface area contributed by atoms with Crippen molar-refractivity contribution in [1.82, 2.24) is 14.8 Å². The predicted molar refractivity (Wildman–Crippen MR) is 129 cm³/mol. The lowest BCUT2D eigenvalue weighted by Crippen LogP contribution is -2.48. The van der Waals surface area contributed by atoms with Crippen LogP contribution < -0.4 is 4.90 Å². The Balaban J connectivity index is 1.27. The van der Waals surface area contributed by atoms with Gasteiger partial charge in [-0.3, -0.25) is 24.3 Å². The second kappa shape index (κ2) is 9.50. The third kappa shape index (κ3) is 4.55. The number of benzene rings is 2. The minimum atomic E-state index is -0.351. The van der Waals surface area contributed by atoms with Gasteiger partial charge in [0.05, 0.1) is 23.4 Å². The Bertz CT molecular complexity index is 1320. The molecule has 3 aromatic rings. The standard InChI is InChI=1S/C27H23FN4O3/c28-21-4-1-3-19(17-21)7-8-24(33)31-15-13-30(14-16-31)23-6-2-5-22-25(23)27(35)32(26(22)34)18-20-9-11-29-12-10-20/h1-12,17H,13-16,18H2. The molecule has 0 saturated carbocycles. The summed E-state index contributed by atoms with van der Waals surface area (Å²) in [6.45, 7) is 2.19. The van der Waals surface area contributed by atoms with Gasteiger partial charge in [-0.2, -0.15) is 0 Å². The van der Waals surface area contributed by atoms with Gasteiger partial charge in [0.2, 0.25) is 5.91 Å². The molecule has 2 aliphatic rings. The van der Waals surface area contributed by atoms with Gasteiger partial charge in [-0.1, -0.05) is 18.2 Å². The van der Waals surface area contributed by atoms with Crippen LogP contribution in [0.5, 0.6) is 0 Å². The average molecular weight is 471 g/mol. The second-order valence-corrected chi connectivity index (χ2v) is 8.45. The lowest BCUT2D eigenvalue weighted by atomic mass is 10.1. The smallest absolute Gasteiger partial charge is 0.263 e. The van der Waals surface area contributed by atoms with Crippen LogP contribution in [0.3, 0.4) is 0 Å². The number of fused-ring (bicyclic) bond motifs is 1. The van der Waals surface area contributed by atoms with Crippen LogP contribution in [0.25, 0.3) is 6.08 Å². The number of hydrogen-bond acceptors (Lipinski definition) is 5. The third-order valence-electron chi connectivity index (χ3n) is 6.27. The number of halogens is 1. The van der Waals surface area contributed by atoms with Crippen LogP contribution in [0.1, 0.15) is 31.8 Å². The van der Waals surface area contributed by atoms with Crippen LogP contribution in [0, 0.1) is 5.82 Å². The first-order valence-corrected chi connectivity index (χ1v) is 11.4. The first-order valence-electron chi connectivity index (χ1n) is 11.4. The van der Waals surface area contributed by atoms with Gasteiger partial charge in [0, 0.05) is 44.6 Å². The minimum absolute atomic E-state index is 0.151. The Kier molecular flexibility index (Phi) is 6.10. The van der Waals surface area contributed by atoms with Gasteiger partial charge in [0.15, 0.2) is 0 Å². The molecule has 1 aromatic heterocycles. The molecule has 7 nitrogen and oxygen atoms in total. The molecule has 1 fully saturated rings. The van der Waals surface area contributed by atoms with E-state index in [1.807, 2.05) is 11.0 Å². The summed E-state index contributed by atoms with van der Waals surface area (Å²) in [5, 5.41) is 0. The van der Waals surface area contributed by atoms with Crippen molar-refractivity contribution < 1.29 is 18.8 Å². The Hall–Kier alpha value is -4.33. The average Bonchev–Trinajstić information content (AvgIpc) is 3.13. The molecular weight excluding hydrogens is 447 g/mol. The summed E-state index contributed by atoms with van der Waals surface area (Å²) in [4.78, 5) is 47.9. The largest absolute Gasteiger partial charge is 0.367 e. The molecule has 176 valence electrons. The Morgan fingerprint density at radius 2 is 1.69 bits per heavy atom. The van der Waals surface area contributed by atoms with Crippen LogP contribution in [-0.2, 0) is 11.3 Å². The molecule has 0 spiro atoms. The molecule has 0 N–H and O–H groups in total. The van der Waals surface area contributed by atoms with Crippen LogP contribution >= 0.6 is 0 Å². The highest BCUT2D eigenvalue weighted by Crippen LogP contribution is 2.33. The first-order chi connectivity index (χ1) is 17.0. The lowest BCUT2D eigenvalue weighted by molar-refractivity contribution is -0.126. The zero-order valence-corrected chi connectivity index (χ0v) is 18.9. The number of carbonyl (C=O) groups excluding carboxylic acids is 3. The summed E-state index contributed by atoms with van der Waals surface area (Å²) in [5.74, 6) is -1.12. The van der Waals surface area contributed by atoms with Crippen LogP contribution in [-0.4, -0.2) is 58.7 Å². The van der Waals surface area contributed by atoms with E-state index >= 15 is 0 Å². The molecule has 0 aliphatic carbocycles. The summed E-state index contributed by atoms with van der Waals surface area (Å²) in [7, 11) is 0. The normalized spacial score (nSPS) is 15.7. The van der Waals surface area contributed by atoms with Gasteiger partial charge < -0.3 is 9.80 Å². The summed E-state index contributed by atoms with van der Waals surface area (Å²) in [5.41, 5.74) is 2.97. The van der Waals surface area contributed by atoms with Crippen LogP contribution in [0.4, 0.5) is 10.1 Å². The molecule has 3 amide bonds. The van der Waals surface area contributed by atoms with E-state index in [9.17, 15) is 18.8 Å². The van der Waals surface area contributed by atoms with E-state index in [1.165, 1.54) is 23.1 Å². The number of amides is 3. The number of piperazine rings is 1. The molecule has 5 rings (SSSR count). The monoisotopic (exact) mass is 470 g/mol. The van der Waals surface area contributed by atoms with E-state index in [4.69, 9.17) is 0 Å². The van der Waals surface area contributed by atoms with Crippen molar-refractivity contribution in [1.29, 1.82) is 0 Å². The van der Waals surface area contributed by atoms with E-state index in [0.29, 0.717) is 48.6 Å². The fraction of sp³-hybridized carbons (Fsp3) is 0.185. The van der Waals surface area contributed by atoms with Crippen molar-refractivity contribution in [2.24, 2.45) is 0 Å². The highest BCUT2D eigenvalue weighted by atomic mass is 19.1. The molecule has 3 heterocycles. The summed E-state index contributed by atoms with van der Waals surface area (Å²) >= 11 is 0. The van der Waals surface area contributed by atoms with E-state index in [0.717, 1.165) is 5.56 Å². The zero-order chi connectivity index (χ0) is 24.4. The topological polar surface area (TPSA) is 73.8 Å². The van der Waals surface area contributed by atoms with Gasteiger partial charge in [-0.05, 0) is 53.6 Å². The molecule has 0 unspecified atom stereocenters. The third-order valence-corrected chi connectivity index (χ3v) is 6.27. The van der Waals surface area contributed by atoms with Crippen molar-refractivity contribution in [3.05, 3.63) is 101 Å². The number of aromatic nitrogens is 1. The van der Waals surface area contributed by atoms with Gasteiger partial charge in [0.1, 0.15) is 5.82 Å². The minimum Gasteiger partial charge on any atom is -0.367 e. The number of anilines is 1. The maximum absolute atomic E-state index is 13.3.